The Morgan fingerprint density at radius 2 is 2.16 bits per heavy atom. The fourth-order valence-corrected chi connectivity index (χ4v) is 1.88. The molecule has 0 aliphatic heterocycles. The summed E-state index contributed by atoms with van der Waals surface area (Å²) in [5.41, 5.74) is 1.70. The molecule has 0 atom stereocenters. The van der Waals surface area contributed by atoms with Gasteiger partial charge in [-0.15, -0.1) is 0 Å². The SMILES string of the molecule is CCCNC(=O)CN(C)c1ccc(F)cc1CNC. The van der Waals surface area contributed by atoms with E-state index in [9.17, 15) is 9.18 Å². The minimum atomic E-state index is -0.266. The zero-order chi connectivity index (χ0) is 14.3. The molecule has 1 amide bonds. The van der Waals surface area contributed by atoms with Gasteiger partial charge in [-0.25, -0.2) is 4.39 Å². The first kappa shape index (κ1) is 15.4. The highest BCUT2D eigenvalue weighted by molar-refractivity contribution is 5.81. The molecule has 0 bridgehead atoms. The molecule has 0 fully saturated rings. The smallest absolute Gasteiger partial charge is 0.239 e. The monoisotopic (exact) mass is 267 g/mol. The summed E-state index contributed by atoms with van der Waals surface area (Å²) in [7, 11) is 3.64. The van der Waals surface area contributed by atoms with Crippen LogP contribution in [0.5, 0.6) is 0 Å². The summed E-state index contributed by atoms with van der Waals surface area (Å²) in [5.74, 6) is -0.290. The van der Waals surface area contributed by atoms with Crippen molar-refractivity contribution in [2.45, 2.75) is 19.9 Å². The lowest BCUT2D eigenvalue weighted by Crippen LogP contribution is -2.36. The van der Waals surface area contributed by atoms with Gasteiger partial charge in [-0.05, 0) is 37.2 Å². The number of carbonyl (C=O) groups is 1. The van der Waals surface area contributed by atoms with Gasteiger partial charge in [0, 0.05) is 25.8 Å². The maximum absolute atomic E-state index is 13.2. The van der Waals surface area contributed by atoms with Crippen LogP contribution in [0.2, 0.25) is 0 Å². The summed E-state index contributed by atoms with van der Waals surface area (Å²) >= 11 is 0. The van der Waals surface area contributed by atoms with Gasteiger partial charge in [-0.2, -0.15) is 0 Å². The third kappa shape index (κ3) is 4.87. The predicted octanol–water partition coefficient (Wildman–Crippen LogP) is 1.51. The highest BCUT2D eigenvalue weighted by Crippen LogP contribution is 2.20. The summed E-state index contributed by atoms with van der Waals surface area (Å²) in [5, 5.41) is 5.83. The molecule has 1 aromatic rings. The topological polar surface area (TPSA) is 44.4 Å². The van der Waals surface area contributed by atoms with Crippen molar-refractivity contribution >= 4 is 11.6 Å². The minimum absolute atomic E-state index is 0.0240. The second-order valence-corrected chi connectivity index (χ2v) is 4.51. The van der Waals surface area contributed by atoms with Crippen LogP contribution in [0.25, 0.3) is 0 Å². The van der Waals surface area contributed by atoms with Gasteiger partial charge in [0.25, 0.3) is 0 Å². The number of anilines is 1. The van der Waals surface area contributed by atoms with Crippen molar-refractivity contribution in [1.29, 1.82) is 0 Å². The third-order valence-electron chi connectivity index (χ3n) is 2.77. The number of rotatable bonds is 7. The number of benzene rings is 1. The van der Waals surface area contributed by atoms with E-state index in [-0.39, 0.29) is 18.3 Å². The van der Waals surface area contributed by atoms with Crippen LogP contribution >= 0.6 is 0 Å². The van der Waals surface area contributed by atoms with E-state index in [0.29, 0.717) is 13.1 Å². The molecule has 0 saturated carbocycles. The van der Waals surface area contributed by atoms with Gasteiger partial charge in [-0.1, -0.05) is 6.92 Å². The summed E-state index contributed by atoms with van der Waals surface area (Å²) in [6, 6.07) is 4.61. The number of hydrogen-bond acceptors (Lipinski definition) is 3. The molecule has 19 heavy (non-hydrogen) atoms. The molecular formula is C14H22FN3O. The van der Waals surface area contributed by atoms with Gasteiger partial charge in [-0.3, -0.25) is 4.79 Å². The first-order chi connectivity index (χ1) is 9.08. The number of amides is 1. The average Bonchev–Trinajstić information content (AvgIpc) is 2.36. The maximum Gasteiger partial charge on any atom is 0.239 e. The molecule has 0 aliphatic carbocycles. The first-order valence-electron chi connectivity index (χ1n) is 6.49. The lowest BCUT2D eigenvalue weighted by Gasteiger charge is -2.22. The Balaban J connectivity index is 2.75. The van der Waals surface area contributed by atoms with E-state index in [2.05, 4.69) is 10.6 Å². The number of likely N-dealkylation sites (N-methyl/N-ethyl adjacent to an activating group) is 1. The molecule has 1 aromatic carbocycles. The largest absolute Gasteiger partial charge is 0.365 e. The lowest BCUT2D eigenvalue weighted by molar-refractivity contribution is -0.119. The summed E-state index contributed by atoms with van der Waals surface area (Å²) in [4.78, 5) is 13.5. The Morgan fingerprint density at radius 3 is 2.79 bits per heavy atom. The zero-order valence-electron chi connectivity index (χ0n) is 11.8. The summed E-state index contributed by atoms with van der Waals surface area (Å²) < 4.78 is 13.2. The summed E-state index contributed by atoms with van der Waals surface area (Å²) in [6.07, 6.45) is 0.914. The van der Waals surface area contributed by atoms with Crippen molar-refractivity contribution in [3.05, 3.63) is 29.6 Å². The quantitative estimate of drug-likeness (QED) is 0.787. The zero-order valence-corrected chi connectivity index (χ0v) is 11.8. The second-order valence-electron chi connectivity index (χ2n) is 4.51. The van der Waals surface area contributed by atoms with Crippen molar-refractivity contribution in [2.75, 3.05) is 32.1 Å². The third-order valence-corrected chi connectivity index (χ3v) is 2.77. The van der Waals surface area contributed by atoms with Gasteiger partial charge in [0.15, 0.2) is 0 Å². The lowest BCUT2D eigenvalue weighted by atomic mass is 10.1. The molecule has 4 nitrogen and oxygen atoms in total. The van der Waals surface area contributed by atoms with Gasteiger partial charge in [0.2, 0.25) is 5.91 Å². The number of hydrogen-bond donors (Lipinski definition) is 2. The van der Waals surface area contributed by atoms with E-state index in [4.69, 9.17) is 0 Å². The minimum Gasteiger partial charge on any atom is -0.365 e. The molecular weight excluding hydrogens is 245 g/mol. The normalized spacial score (nSPS) is 10.3. The molecule has 2 N–H and O–H groups in total. The van der Waals surface area contributed by atoms with Crippen LogP contribution in [0, 0.1) is 5.82 Å². The van der Waals surface area contributed by atoms with E-state index in [0.717, 1.165) is 17.7 Å². The van der Waals surface area contributed by atoms with Gasteiger partial charge < -0.3 is 15.5 Å². The van der Waals surface area contributed by atoms with Crippen molar-refractivity contribution < 1.29 is 9.18 Å². The van der Waals surface area contributed by atoms with Crippen LogP contribution in [-0.4, -0.2) is 33.1 Å². The fraction of sp³-hybridized carbons (Fsp3) is 0.500. The van der Waals surface area contributed by atoms with Gasteiger partial charge >= 0.3 is 0 Å². The Hall–Kier alpha value is -1.62. The van der Waals surface area contributed by atoms with Crippen molar-refractivity contribution in [2.24, 2.45) is 0 Å². The van der Waals surface area contributed by atoms with Crippen LogP contribution in [0.15, 0.2) is 18.2 Å². The van der Waals surface area contributed by atoms with Crippen LogP contribution in [0.3, 0.4) is 0 Å². The molecule has 0 aliphatic rings. The molecule has 0 aromatic heterocycles. The highest BCUT2D eigenvalue weighted by Gasteiger charge is 2.11. The molecule has 0 spiro atoms. The van der Waals surface area contributed by atoms with Crippen LogP contribution in [-0.2, 0) is 11.3 Å². The van der Waals surface area contributed by atoms with E-state index in [1.807, 2.05) is 25.9 Å². The molecule has 0 heterocycles. The van der Waals surface area contributed by atoms with E-state index >= 15 is 0 Å². The first-order valence-corrected chi connectivity index (χ1v) is 6.49. The predicted molar refractivity (Wildman–Crippen MR) is 75.7 cm³/mol. The Kier molecular flexibility index (Phi) is 6.29. The van der Waals surface area contributed by atoms with Gasteiger partial charge in [0.1, 0.15) is 5.82 Å². The molecule has 1 rings (SSSR count). The van der Waals surface area contributed by atoms with Crippen LogP contribution < -0.4 is 15.5 Å². The molecule has 5 heteroatoms. The summed E-state index contributed by atoms with van der Waals surface area (Å²) in [6.45, 7) is 3.52. The van der Waals surface area contributed by atoms with Crippen LogP contribution in [0.1, 0.15) is 18.9 Å². The van der Waals surface area contributed by atoms with Crippen LogP contribution in [0.4, 0.5) is 10.1 Å². The standard InChI is InChI=1S/C14H22FN3O/c1-4-7-17-14(19)10-18(3)13-6-5-12(15)8-11(13)9-16-2/h5-6,8,16H,4,7,9-10H2,1-3H3,(H,17,19). The van der Waals surface area contributed by atoms with Gasteiger partial charge in [0.05, 0.1) is 6.54 Å². The van der Waals surface area contributed by atoms with E-state index in [1.165, 1.54) is 12.1 Å². The van der Waals surface area contributed by atoms with E-state index < -0.39 is 0 Å². The molecule has 0 saturated heterocycles. The van der Waals surface area contributed by atoms with Crippen molar-refractivity contribution in [3.8, 4) is 0 Å². The Bertz CT molecular complexity index is 423. The number of nitrogens with one attached hydrogen (secondary N) is 2. The Labute approximate surface area is 114 Å². The number of carbonyl (C=O) groups excluding carboxylic acids is 1. The molecule has 0 unspecified atom stereocenters. The Morgan fingerprint density at radius 1 is 1.42 bits per heavy atom. The van der Waals surface area contributed by atoms with E-state index in [1.54, 1.807) is 6.07 Å². The average molecular weight is 267 g/mol. The second kappa shape index (κ2) is 7.74. The van der Waals surface area contributed by atoms with Crippen molar-refractivity contribution in [1.82, 2.24) is 10.6 Å². The van der Waals surface area contributed by atoms with Crippen molar-refractivity contribution in [3.63, 3.8) is 0 Å². The molecule has 106 valence electrons. The molecule has 0 radical (unpaired) electrons. The number of nitrogens with zero attached hydrogens (tertiary/aromatic N) is 1. The fourth-order valence-electron chi connectivity index (χ4n) is 1.88. The maximum atomic E-state index is 13.2. The highest BCUT2D eigenvalue weighted by atomic mass is 19.1. The number of halogens is 1.